The number of carbonyl (C=O) groups is 2. The highest BCUT2D eigenvalue weighted by atomic mass is 33.1. The van der Waals surface area contributed by atoms with Gasteiger partial charge in [-0.2, -0.15) is 0 Å². The summed E-state index contributed by atoms with van der Waals surface area (Å²) in [5.74, 6) is 0.814. The minimum atomic E-state index is -0.761. The first kappa shape index (κ1) is 18.3. The second-order valence-corrected chi connectivity index (χ2v) is 8.54. The molecule has 0 saturated heterocycles. The van der Waals surface area contributed by atoms with Gasteiger partial charge in [0.1, 0.15) is 11.5 Å². The summed E-state index contributed by atoms with van der Waals surface area (Å²) in [6, 6.07) is 0. The van der Waals surface area contributed by atoms with E-state index in [-0.39, 0.29) is 11.5 Å². The molecule has 106 valence electrons. The highest BCUT2D eigenvalue weighted by Gasteiger charge is 1.98. The van der Waals surface area contributed by atoms with Gasteiger partial charge in [0.25, 0.3) is 0 Å². The predicted octanol–water partition coefficient (Wildman–Crippen LogP) is 3.48. The Balaban J connectivity index is 2.99. The van der Waals surface area contributed by atoms with Crippen molar-refractivity contribution >= 4 is 55.1 Å². The number of carboxylic acid groups (broad SMARTS) is 2. The van der Waals surface area contributed by atoms with E-state index in [1.807, 2.05) is 0 Å². The van der Waals surface area contributed by atoms with E-state index in [9.17, 15) is 9.59 Å². The van der Waals surface area contributed by atoms with Crippen molar-refractivity contribution in [3.05, 3.63) is 0 Å². The van der Waals surface area contributed by atoms with Crippen LogP contribution in [-0.4, -0.2) is 45.2 Å². The minimum Gasteiger partial charge on any atom is -0.481 e. The number of carboxylic acids is 2. The van der Waals surface area contributed by atoms with Gasteiger partial charge in [-0.3, -0.25) is 9.59 Å². The highest BCUT2D eigenvalue weighted by Crippen LogP contribution is 2.24. The number of unbranched alkanes of at least 4 members (excludes halogenated alkanes) is 3. The summed E-state index contributed by atoms with van der Waals surface area (Å²) in [6.45, 7) is 0. The fraction of sp³-hybridized carbons (Fsp3) is 0.800. The molecule has 0 radical (unpaired) electrons. The van der Waals surface area contributed by atoms with Crippen molar-refractivity contribution in [2.45, 2.75) is 25.7 Å². The summed E-state index contributed by atoms with van der Waals surface area (Å²) in [5.41, 5.74) is 0. The Bertz CT molecular complexity index is 214. The van der Waals surface area contributed by atoms with Crippen LogP contribution < -0.4 is 0 Å². The summed E-state index contributed by atoms with van der Waals surface area (Å²) in [7, 11) is 6.02. The van der Waals surface area contributed by atoms with Crippen molar-refractivity contribution < 1.29 is 19.8 Å². The molecule has 4 nitrogen and oxygen atoms in total. The van der Waals surface area contributed by atoms with E-state index in [1.54, 1.807) is 21.6 Å². The van der Waals surface area contributed by atoms with Crippen LogP contribution in [0.25, 0.3) is 0 Å². The number of hydrogen-bond acceptors (Lipinski definition) is 6. The lowest BCUT2D eigenvalue weighted by Crippen LogP contribution is -1.96. The quantitative estimate of drug-likeness (QED) is 0.393. The molecule has 0 aliphatic rings. The number of hydrogen-bond donors (Lipinski definition) is 2. The van der Waals surface area contributed by atoms with Gasteiger partial charge in [-0.1, -0.05) is 56.0 Å². The molecule has 0 aliphatic carbocycles. The Morgan fingerprint density at radius 2 is 1.06 bits per heavy atom. The van der Waals surface area contributed by atoms with E-state index in [0.717, 1.165) is 37.2 Å². The summed E-state index contributed by atoms with van der Waals surface area (Å²) in [4.78, 5) is 20.5. The lowest BCUT2D eigenvalue weighted by molar-refractivity contribution is -0.134. The van der Waals surface area contributed by atoms with E-state index in [0.29, 0.717) is 0 Å². The first-order valence-corrected chi connectivity index (χ1v) is 10.5. The molecule has 0 aromatic carbocycles. The monoisotopic (exact) mass is 330 g/mol. The van der Waals surface area contributed by atoms with E-state index >= 15 is 0 Å². The van der Waals surface area contributed by atoms with Gasteiger partial charge in [-0.05, 0) is 12.8 Å². The average Bonchev–Trinajstić information content (AvgIpc) is 2.29. The summed E-state index contributed by atoms with van der Waals surface area (Å²) in [6.07, 6.45) is 4.55. The molecule has 0 fully saturated rings. The smallest absolute Gasteiger partial charge is 0.314 e. The van der Waals surface area contributed by atoms with Crippen LogP contribution >= 0.6 is 43.2 Å². The van der Waals surface area contributed by atoms with Gasteiger partial charge in [0, 0.05) is 11.5 Å². The van der Waals surface area contributed by atoms with E-state index in [1.165, 1.54) is 21.6 Å². The van der Waals surface area contributed by atoms with E-state index in [4.69, 9.17) is 10.2 Å². The molecular formula is C10H18O4S4. The van der Waals surface area contributed by atoms with Crippen molar-refractivity contribution in [3.8, 4) is 0 Å². The van der Waals surface area contributed by atoms with Gasteiger partial charge in [0.2, 0.25) is 0 Å². The molecule has 0 aromatic rings. The van der Waals surface area contributed by atoms with Gasteiger partial charge in [-0.15, -0.1) is 0 Å². The van der Waals surface area contributed by atoms with Crippen LogP contribution in [0.4, 0.5) is 0 Å². The first-order chi connectivity index (χ1) is 8.63. The van der Waals surface area contributed by atoms with Gasteiger partial charge in [-0.25, -0.2) is 0 Å². The van der Waals surface area contributed by atoms with Gasteiger partial charge < -0.3 is 10.2 Å². The van der Waals surface area contributed by atoms with Crippen molar-refractivity contribution in [1.29, 1.82) is 0 Å². The molecule has 18 heavy (non-hydrogen) atoms. The maximum absolute atomic E-state index is 10.2. The third kappa shape index (κ3) is 16.3. The van der Waals surface area contributed by atoms with Crippen molar-refractivity contribution in [1.82, 2.24) is 0 Å². The molecule has 0 bridgehead atoms. The predicted molar refractivity (Wildman–Crippen MR) is 83.6 cm³/mol. The SMILES string of the molecule is O=C(O)CSSCCCCCCSSCC(=O)O. The first-order valence-electron chi connectivity index (χ1n) is 5.55. The Labute approximate surface area is 123 Å². The molecule has 0 spiro atoms. The second-order valence-electron chi connectivity index (χ2n) is 3.37. The second kappa shape index (κ2) is 13.8. The largest absolute Gasteiger partial charge is 0.481 e. The summed E-state index contributed by atoms with van der Waals surface area (Å²) in [5, 5.41) is 16.8. The maximum Gasteiger partial charge on any atom is 0.314 e. The van der Waals surface area contributed by atoms with Gasteiger partial charge in [0.15, 0.2) is 0 Å². The Hall–Kier alpha value is 0.340. The molecule has 0 amide bonds. The lowest BCUT2D eigenvalue weighted by Gasteiger charge is -2.01. The van der Waals surface area contributed by atoms with Crippen LogP contribution in [0, 0.1) is 0 Å². The zero-order valence-electron chi connectivity index (χ0n) is 10.0. The summed E-state index contributed by atoms with van der Waals surface area (Å²) >= 11 is 0. The lowest BCUT2D eigenvalue weighted by atomic mass is 10.2. The van der Waals surface area contributed by atoms with Crippen LogP contribution in [0.15, 0.2) is 0 Å². The van der Waals surface area contributed by atoms with Gasteiger partial charge >= 0.3 is 11.9 Å². The average molecular weight is 331 g/mol. The molecule has 0 unspecified atom stereocenters. The topological polar surface area (TPSA) is 74.6 Å². The molecule has 0 atom stereocenters. The standard InChI is InChI=1S/C10H18O4S4/c11-9(12)7-17-15-5-3-1-2-4-6-16-18-8-10(13)14/h1-8H2,(H,11,12)(H,13,14). The fourth-order valence-electron chi connectivity index (χ4n) is 0.978. The number of aliphatic carboxylic acids is 2. The molecule has 0 heterocycles. The normalized spacial score (nSPS) is 10.4. The maximum atomic E-state index is 10.2. The molecule has 8 heteroatoms. The van der Waals surface area contributed by atoms with Crippen LogP contribution in [0.3, 0.4) is 0 Å². The third-order valence-corrected chi connectivity index (χ3v) is 6.42. The van der Waals surface area contributed by atoms with Crippen LogP contribution in [0.5, 0.6) is 0 Å². The fourth-order valence-corrected chi connectivity index (χ4v) is 4.74. The number of rotatable bonds is 13. The van der Waals surface area contributed by atoms with E-state index in [2.05, 4.69) is 0 Å². The Morgan fingerprint density at radius 3 is 1.39 bits per heavy atom. The minimum absolute atomic E-state index is 0.169. The van der Waals surface area contributed by atoms with Crippen molar-refractivity contribution in [2.75, 3.05) is 23.0 Å². The molecular weight excluding hydrogens is 312 g/mol. The van der Waals surface area contributed by atoms with Gasteiger partial charge in [0.05, 0.1) is 0 Å². The molecule has 0 saturated carbocycles. The van der Waals surface area contributed by atoms with Crippen molar-refractivity contribution in [3.63, 3.8) is 0 Å². The molecule has 0 rings (SSSR count). The third-order valence-electron chi connectivity index (χ3n) is 1.74. The molecule has 0 aromatic heterocycles. The summed E-state index contributed by atoms with van der Waals surface area (Å²) < 4.78 is 0. The van der Waals surface area contributed by atoms with Crippen LogP contribution in [0.2, 0.25) is 0 Å². The van der Waals surface area contributed by atoms with Crippen LogP contribution in [0.1, 0.15) is 25.7 Å². The zero-order chi connectivity index (χ0) is 13.6. The molecule has 0 aliphatic heterocycles. The van der Waals surface area contributed by atoms with Crippen molar-refractivity contribution in [2.24, 2.45) is 0 Å². The zero-order valence-corrected chi connectivity index (χ0v) is 13.3. The van der Waals surface area contributed by atoms with E-state index < -0.39 is 11.9 Å². The highest BCUT2D eigenvalue weighted by molar-refractivity contribution is 8.77. The van der Waals surface area contributed by atoms with Crippen LogP contribution in [-0.2, 0) is 9.59 Å². The Morgan fingerprint density at radius 1 is 0.667 bits per heavy atom. The molecule has 2 N–H and O–H groups in total. The Kier molecular flexibility index (Phi) is 14.0.